The zero-order valence-corrected chi connectivity index (χ0v) is 13.9. The summed E-state index contributed by atoms with van der Waals surface area (Å²) in [5.41, 5.74) is 1.92. The number of methoxy groups -OCH3 is 1. The lowest BCUT2D eigenvalue weighted by Crippen LogP contribution is -2.26. The van der Waals surface area contributed by atoms with Crippen LogP contribution in [0.25, 0.3) is 5.69 Å². The number of rotatable bonds is 4. The Morgan fingerprint density at radius 2 is 1.76 bits per heavy atom. The molecule has 0 aliphatic heterocycles. The number of carbonyl (C=O) groups is 1. The number of nitrogens with zero attached hydrogens (tertiary/aromatic N) is 2. The number of hydrogen-bond acceptors (Lipinski definition) is 4. The molecule has 0 aliphatic rings. The summed E-state index contributed by atoms with van der Waals surface area (Å²) in [5, 5.41) is 6.95. The molecular weight excluding hydrogens is 318 g/mol. The lowest BCUT2D eigenvalue weighted by atomic mass is 10.2. The molecule has 6 heteroatoms. The number of nitrogens with one attached hydrogen (secondary N) is 1. The van der Waals surface area contributed by atoms with Gasteiger partial charge in [-0.1, -0.05) is 35.9 Å². The van der Waals surface area contributed by atoms with E-state index >= 15 is 0 Å². The largest absolute Gasteiger partial charge is 0.494 e. The van der Waals surface area contributed by atoms with Gasteiger partial charge in [-0.05, 0) is 31.2 Å². The van der Waals surface area contributed by atoms with Crippen LogP contribution < -0.4 is 15.6 Å². The van der Waals surface area contributed by atoms with Crippen LogP contribution in [0.1, 0.15) is 16.1 Å². The number of amides is 1. The molecule has 1 amide bonds. The fourth-order valence-electron chi connectivity index (χ4n) is 2.34. The van der Waals surface area contributed by atoms with Gasteiger partial charge in [0.2, 0.25) is 0 Å². The molecule has 6 nitrogen and oxygen atoms in total. The van der Waals surface area contributed by atoms with E-state index in [1.165, 1.54) is 17.9 Å². The van der Waals surface area contributed by atoms with Crippen LogP contribution in [0.2, 0.25) is 0 Å². The molecule has 0 radical (unpaired) electrons. The second-order valence-corrected chi connectivity index (χ2v) is 5.47. The third-order valence-corrected chi connectivity index (χ3v) is 3.64. The van der Waals surface area contributed by atoms with Gasteiger partial charge in [-0.25, -0.2) is 0 Å². The average Bonchev–Trinajstić information content (AvgIpc) is 2.63. The maximum absolute atomic E-state index is 12.6. The predicted molar refractivity (Wildman–Crippen MR) is 95.5 cm³/mol. The molecule has 1 aromatic heterocycles. The Kier molecular flexibility index (Phi) is 4.61. The first kappa shape index (κ1) is 16.4. The third kappa shape index (κ3) is 3.58. The lowest BCUT2D eigenvalue weighted by Gasteiger charge is -2.11. The van der Waals surface area contributed by atoms with Gasteiger partial charge in [0.05, 0.1) is 18.9 Å². The molecule has 1 N–H and O–H groups in total. The number of ether oxygens (including phenoxy) is 1. The Morgan fingerprint density at radius 3 is 2.40 bits per heavy atom. The highest BCUT2D eigenvalue weighted by Gasteiger charge is 2.18. The van der Waals surface area contributed by atoms with Gasteiger partial charge in [0.15, 0.2) is 11.4 Å². The van der Waals surface area contributed by atoms with Gasteiger partial charge in [-0.3, -0.25) is 9.59 Å². The van der Waals surface area contributed by atoms with Gasteiger partial charge in [0.1, 0.15) is 0 Å². The summed E-state index contributed by atoms with van der Waals surface area (Å²) in [7, 11) is 1.39. The van der Waals surface area contributed by atoms with Gasteiger partial charge in [0, 0.05) is 5.69 Å². The maximum atomic E-state index is 12.6. The first-order chi connectivity index (χ1) is 12.1. The van der Waals surface area contributed by atoms with Crippen LogP contribution in [-0.2, 0) is 0 Å². The molecule has 0 atom stereocenters. The van der Waals surface area contributed by atoms with Crippen LogP contribution in [0.5, 0.6) is 5.75 Å². The molecular formula is C19H17N3O3. The summed E-state index contributed by atoms with van der Waals surface area (Å²) in [6.07, 6.45) is 0. The second kappa shape index (κ2) is 7.00. The molecule has 0 saturated carbocycles. The van der Waals surface area contributed by atoms with E-state index in [0.717, 1.165) is 5.56 Å². The molecule has 1 heterocycles. The average molecular weight is 335 g/mol. The van der Waals surface area contributed by atoms with Crippen LogP contribution in [0.3, 0.4) is 0 Å². The summed E-state index contributed by atoms with van der Waals surface area (Å²) >= 11 is 0. The number of hydrogen-bond donors (Lipinski definition) is 1. The fourth-order valence-corrected chi connectivity index (χ4v) is 2.34. The summed E-state index contributed by atoms with van der Waals surface area (Å²) in [6.45, 7) is 1.95. The Hall–Kier alpha value is -3.41. The number of benzene rings is 2. The number of aryl methyl sites for hydroxylation is 1. The van der Waals surface area contributed by atoms with Crippen molar-refractivity contribution in [3.05, 3.63) is 82.3 Å². The number of carbonyl (C=O) groups excluding carboxylic acids is 1. The zero-order valence-electron chi connectivity index (χ0n) is 13.9. The molecule has 0 fully saturated rings. The minimum atomic E-state index is -0.455. The minimum absolute atomic E-state index is 0.0338. The van der Waals surface area contributed by atoms with Crippen molar-refractivity contribution in [2.45, 2.75) is 6.92 Å². The van der Waals surface area contributed by atoms with E-state index < -0.39 is 5.91 Å². The van der Waals surface area contributed by atoms with Crippen molar-refractivity contribution in [1.82, 2.24) is 9.78 Å². The van der Waals surface area contributed by atoms with E-state index in [4.69, 9.17) is 4.74 Å². The lowest BCUT2D eigenvalue weighted by molar-refractivity contribution is 0.101. The van der Waals surface area contributed by atoms with E-state index in [9.17, 15) is 9.59 Å². The van der Waals surface area contributed by atoms with Crippen LogP contribution in [-0.4, -0.2) is 22.8 Å². The summed E-state index contributed by atoms with van der Waals surface area (Å²) in [4.78, 5) is 24.9. The number of aromatic nitrogens is 2. The van der Waals surface area contributed by atoms with Crippen molar-refractivity contribution in [3.8, 4) is 11.4 Å². The first-order valence-electron chi connectivity index (χ1n) is 7.70. The highest BCUT2D eigenvalue weighted by Crippen LogP contribution is 2.17. The standard InChI is InChI=1S/C19H17N3O3/c1-13-8-10-15(11-9-13)22-17(23)12-16(25-2)18(21-22)19(24)20-14-6-4-3-5-7-14/h3-12H,1-2H3,(H,20,24). The molecule has 0 aliphatic carbocycles. The van der Waals surface area contributed by atoms with E-state index in [2.05, 4.69) is 10.4 Å². The van der Waals surface area contributed by atoms with Gasteiger partial charge in [0.25, 0.3) is 11.5 Å². The van der Waals surface area contributed by atoms with Crippen LogP contribution in [0.4, 0.5) is 5.69 Å². The zero-order chi connectivity index (χ0) is 17.8. The smallest absolute Gasteiger partial charge is 0.279 e. The van der Waals surface area contributed by atoms with Crippen molar-refractivity contribution in [2.24, 2.45) is 0 Å². The van der Waals surface area contributed by atoms with E-state index in [-0.39, 0.29) is 17.0 Å². The predicted octanol–water partition coefficient (Wildman–Crippen LogP) is 2.80. The Bertz CT molecular complexity index is 948. The molecule has 0 bridgehead atoms. The quantitative estimate of drug-likeness (QED) is 0.796. The molecule has 25 heavy (non-hydrogen) atoms. The third-order valence-electron chi connectivity index (χ3n) is 3.64. The first-order valence-corrected chi connectivity index (χ1v) is 7.70. The van der Waals surface area contributed by atoms with Crippen LogP contribution in [0.15, 0.2) is 65.5 Å². The van der Waals surface area contributed by atoms with Crippen molar-refractivity contribution < 1.29 is 9.53 Å². The van der Waals surface area contributed by atoms with Crippen molar-refractivity contribution in [1.29, 1.82) is 0 Å². The topological polar surface area (TPSA) is 73.2 Å². The molecule has 3 rings (SSSR count). The Morgan fingerprint density at radius 1 is 1.08 bits per heavy atom. The summed E-state index contributed by atoms with van der Waals surface area (Å²) in [5.74, 6) is -0.328. The highest BCUT2D eigenvalue weighted by molar-refractivity contribution is 6.04. The summed E-state index contributed by atoms with van der Waals surface area (Å²) < 4.78 is 6.34. The second-order valence-electron chi connectivity index (χ2n) is 5.47. The van der Waals surface area contributed by atoms with Crippen molar-refractivity contribution in [3.63, 3.8) is 0 Å². The van der Waals surface area contributed by atoms with Crippen LogP contribution >= 0.6 is 0 Å². The molecule has 3 aromatic rings. The number of para-hydroxylation sites is 1. The van der Waals surface area contributed by atoms with E-state index in [0.29, 0.717) is 11.4 Å². The molecule has 126 valence electrons. The Labute approximate surface area is 144 Å². The van der Waals surface area contributed by atoms with Crippen molar-refractivity contribution in [2.75, 3.05) is 12.4 Å². The Balaban J connectivity index is 2.03. The fraction of sp³-hybridized carbons (Fsp3) is 0.105. The van der Waals surface area contributed by atoms with Gasteiger partial charge < -0.3 is 10.1 Å². The highest BCUT2D eigenvalue weighted by atomic mass is 16.5. The van der Waals surface area contributed by atoms with Gasteiger partial charge in [-0.15, -0.1) is 0 Å². The summed E-state index contributed by atoms with van der Waals surface area (Å²) in [6, 6.07) is 17.6. The monoisotopic (exact) mass is 335 g/mol. The SMILES string of the molecule is COc1cc(=O)n(-c2ccc(C)cc2)nc1C(=O)Nc1ccccc1. The van der Waals surface area contributed by atoms with E-state index in [1.54, 1.807) is 24.3 Å². The molecule has 0 spiro atoms. The van der Waals surface area contributed by atoms with Gasteiger partial charge in [-0.2, -0.15) is 9.78 Å². The minimum Gasteiger partial charge on any atom is -0.494 e. The molecule has 2 aromatic carbocycles. The maximum Gasteiger partial charge on any atom is 0.279 e. The molecule has 0 unspecified atom stereocenters. The number of anilines is 1. The molecule has 0 saturated heterocycles. The van der Waals surface area contributed by atoms with Gasteiger partial charge >= 0.3 is 0 Å². The normalized spacial score (nSPS) is 10.3. The van der Waals surface area contributed by atoms with Crippen molar-refractivity contribution >= 4 is 11.6 Å². The van der Waals surface area contributed by atoms with E-state index in [1.807, 2.05) is 37.3 Å². The van der Waals surface area contributed by atoms with Crippen LogP contribution in [0, 0.1) is 6.92 Å².